The van der Waals surface area contributed by atoms with Crippen molar-refractivity contribution >= 4 is 17.8 Å². The molecule has 1 aromatic rings. The Labute approximate surface area is 120 Å². The number of nitrogens with one attached hydrogen (secondary N) is 2. The zero-order valence-electron chi connectivity index (χ0n) is 13.2. The van der Waals surface area contributed by atoms with E-state index in [1.807, 2.05) is 18.7 Å². The number of hydrogen-bond acceptors (Lipinski definition) is 7. The van der Waals surface area contributed by atoms with Crippen LogP contribution in [0.5, 0.6) is 0 Å². The first kappa shape index (κ1) is 16.4. The van der Waals surface area contributed by atoms with E-state index in [0.29, 0.717) is 17.8 Å². The van der Waals surface area contributed by atoms with Crippen LogP contribution in [0.3, 0.4) is 0 Å². The monoisotopic (exact) mass is 282 g/mol. The van der Waals surface area contributed by atoms with E-state index in [9.17, 15) is 5.11 Å². The molecule has 1 atom stereocenters. The molecule has 0 radical (unpaired) electrons. The Morgan fingerprint density at radius 3 is 2.15 bits per heavy atom. The lowest BCUT2D eigenvalue weighted by Gasteiger charge is -2.29. The van der Waals surface area contributed by atoms with Crippen LogP contribution in [0.4, 0.5) is 17.8 Å². The van der Waals surface area contributed by atoms with Crippen LogP contribution >= 0.6 is 0 Å². The van der Waals surface area contributed by atoms with Crippen molar-refractivity contribution in [2.24, 2.45) is 0 Å². The fraction of sp³-hybridized carbons (Fsp3) is 0.769. The minimum absolute atomic E-state index is 0.456. The second-order valence-corrected chi connectivity index (χ2v) is 5.23. The van der Waals surface area contributed by atoms with Crippen molar-refractivity contribution in [3.63, 3.8) is 0 Å². The van der Waals surface area contributed by atoms with E-state index in [0.717, 1.165) is 13.1 Å². The van der Waals surface area contributed by atoms with Crippen molar-refractivity contribution in [2.75, 3.05) is 35.7 Å². The molecule has 1 heterocycles. The van der Waals surface area contributed by atoms with Crippen LogP contribution in [0.2, 0.25) is 0 Å². The molecule has 0 fully saturated rings. The molecular formula is C13H26N6O. The lowest BCUT2D eigenvalue weighted by Crippen LogP contribution is -2.42. The molecule has 0 amide bonds. The molecule has 3 N–H and O–H groups in total. The van der Waals surface area contributed by atoms with Gasteiger partial charge in [0.25, 0.3) is 0 Å². The molecule has 0 aromatic carbocycles. The molecule has 0 saturated heterocycles. The van der Waals surface area contributed by atoms with Crippen LogP contribution in [0.25, 0.3) is 0 Å². The molecule has 0 aliphatic heterocycles. The van der Waals surface area contributed by atoms with Crippen LogP contribution in [0.15, 0.2) is 0 Å². The summed E-state index contributed by atoms with van der Waals surface area (Å²) in [4.78, 5) is 15.1. The van der Waals surface area contributed by atoms with Gasteiger partial charge in [-0.3, -0.25) is 0 Å². The van der Waals surface area contributed by atoms with Gasteiger partial charge in [0.2, 0.25) is 17.8 Å². The Bertz CT molecular complexity index is 431. The zero-order valence-corrected chi connectivity index (χ0v) is 13.2. The van der Waals surface area contributed by atoms with Gasteiger partial charge in [-0.15, -0.1) is 0 Å². The van der Waals surface area contributed by atoms with E-state index >= 15 is 0 Å². The van der Waals surface area contributed by atoms with Gasteiger partial charge in [-0.25, -0.2) is 0 Å². The first-order chi connectivity index (χ1) is 9.33. The average molecular weight is 282 g/mol. The summed E-state index contributed by atoms with van der Waals surface area (Å²) in [5, 5.41) is 15.9. The van der Waals surface area contributed by atoms with Crippen LogP contribution in [0, 0.1) is 0 Å². The minimum atomic E-state index is -0.533. The molecule has 7 heteroatoms. The van der Waals surface area contributed by atoms with Crippen molar-refractivity contribution < 1.29 is 5.11 Å². The summed E-state index contributed by atoms with van der Waals surface area (Å²) in [5.74, 6) is 1.58. The summed E-state index contributed by atoms with van der Waals surface area (Å²) >= 11 is 0. The lowest BCUT2D eigenvalue weighted by atomic mass is 9.99. The minimum Gasteiger partial charge on any atom is -0.391 e. The summed E-state index contributed by atoms with van der Waals surface area (Å²) in [5.41, 5.74) is -0.521. The predicted molar refractivity (Wildman–Crippen MR) is 82.3 cm³/mol. The second-order valence-electron chi connectivity index (χ2n) is 5.23. The highest BCUT2D eigenvalue weighted by molar-refractivity contribution is 5.44. The molecule has 1 unspecified atom stereocenters. The van der Waals surface area contributed by atoms with E-state index in [2.05, 4.69) is 39.4 Å². The van der Waals surface area contributed by atoms with Gasteiger partial charge in [-0.05, 0) is 34.6 Å². The van der Waals surface area contributed by atoms with Crippen molar-refractivity contribution in [3.05, 3.63) is 0 Å². The highest BCUT2D eigenvalue weighted by atomic mass is 16.3. The van der Waals surface area contributed by atoms with Crippen molar-refractivity contribution in [2.45, 2.75) is 46.3 Å². The number of rotatable bonds is 7. The largest absolute Gasteiger partial charge is 0.391 e. The van der Waals surface area contributed by atoms with Crippen molar-refractivity contribution in [1.82, 2.24) is 15.0 Å². The van der Waals surface area contributed by atoms with Gasteiger partial charge in [-0.2, -0.15) is 15.0 Å². The van der Waals surface area contributed by atoms with Gasteiger partial charge in [0, 0.05) is 20.1 Å². The lowest BCUT2D eigenvalue weighted by molar-refractivity contribution is 0.132. The maximum Gasteiger partial charge on any atom is 0.231 e. The average Bonchev–Trinajstić information content (AvgIpc) is 2.39. The number of anilines is 3. The molecule has 0 saturated carbocycles. The normalized spacial score (nSPS) is 12.9. The highest BCUT2D eigenvalue weighted by Crippen LogP contribution is 2.18. The molecule has 20 heavy (non-hydrogen) atoms. The molecule has 1 rings (SSSR count). The standard InChI is InChI=1S/C13H26N6O/c1-7-19(8-2)12-16-10(14-6)15-11(17-12)18-13(4,5)9(3)20/h9,20H,7-8H2,1-6H3,(H2,14,15,16,17,18). The highest BCUT2D eigenvalue weighted by Gasteiger charge is 2.25. The van der Waals surface area contributed by atoms with Crippen LogP contribution in [-0.2, 0) is 0 Å². The van der Waals surface area contributed by atoms with Gasteiger partial charge in [0.05, 0.1) is 11.6 Å². The quantitative estimate of drug-likeness (QED) is 0.695. The van der Waals surface area contributed by atoms with Gasteiger partial charge >= 0.3 is 0 Å². The topological polar surface area (TPSA) is 86.2 Å². The maximum atomic E-state index is 9.78. The third kappa shape index (κ3) is 3.93. The fourth-order valence-electron chi connectivity index (χ4n) is 1.57. The van der Waals surface area contributed by atoms with Crippen molar-refractivity contribution in [1.29, 1.82) is 0 Å². The van der Waals surface area contributed by atoms with Crippen LogP contribution < -0.4 is 15.5 Å². The Morgan fingerprint density at radius 2 is 1.70 bits per heavy atom. The van der Waals surface area contributed by atoms with Gasteiger partial charge in [0.15, 0.2) is 0 Å². The SMILES string of the molecule is CCN(CC)c1nc(NC)nc(NC(C)(C)C(C)O)n1. The predicted octanol–water partition coefficient (Wildman–Crippen LogP) is 1.33. The van der Waals surface area contributed by atoms with Crippen molar-refractivity contribution in [3.8, 4) is 0 Å². The molecule has 0 spiro atoms. The van der Waals surface area contributed by atoms with E-state index in [-0.39, 0.29) is 0 Å². The number of aromatic nitrogens is 3. The molecule has 7 nitrogen and oxygen atoms in total. The number of aliphatic hydroxyl groups excluding tert-OH is 1. The number of aliphatic hydroxyl groups is 1. The van der Waals surface area contributed by atoms with Gasteiger partial charge in [0.1, 0.15) is 0 Å². The third-order valence-electron chi connectivity index (χ3n) is 3.37. The molecule has 1 aromatic heterocycles. The smallest absolute Gasteiger partial charge is 0.231 e. The van der Waals surface area contributed by atoms with E-state index in [1.165, 1.54) is 0 Å². The molecule has 0 aliphatic carbocycles. The number of nitrogens with zero attached hydrogens (tertiary/aromatic N) is 4. The number of hydrogen-bond donors (Lipinski definition) is 3. The molecule has 114 valence electrons. The first-order valence-electron chi connectivity index (χ1n) is 6.99. The van der Waals surface area contributed by atoms with Crippen LogP contribution in [0.1, 0.15) is 34.6 Å². The summed E-state index contributed by atoms with van der Waals surface area (Å²) < 4.78 is 0. The Morgan fingerprint density at radius 1 is 1.15 bits per heavy atom. The molecule has 0 bridgehead atoms. The van der Waals surface area contributed by atoms with Gasteiger partial charge < -0.3 is 20.6 Å². The zero-order chi connectivity index (χ0) is 15.3. The Kier molecular flexibility index (Phi) is 5.50. The molecule has 0 aliphatic rings. The van der Waals surface area contributed by atoms with Gasteiger partial charge in [-0.1, -0.05) is 0 Å². The van der Waals surface area contributed by atoms with Crippen LogP contribution in [-0.4, -0.2) is 51.8 Å². The summed E-state index contributed by atoms with van der Waals surface area (Å²) in [7, 11) is 1.77. The third-order valence-corrected chi connectivity index (χ3v) is 3.37. The summed E-state index contributed by atoms with van der Waals surface area (Å²) in [6.45, 7) is 11.3. The second kappa shape index (κ2) is 6.69. The van der Waals surface area contributed by atoms with E-state index in [1.54, 1.807) is 14.0 Å². The Hall–Kier alpha value is -1.63. The van der Waals surface area contributed by atoms with E-state index in [4.69, 9.17) is 0 Å². The Balaban J connectivity index is 3.11. The fourth-order valence-corrected chi connectivity index (χ4v) is 1.57. The van der Waals surface area contributed by atoms with E-state index < -0.39 is 11.6 Å². The first-order valence-corrected chi connectivity index (χ1v) is 6.99. The summed E-state index contributed by atoms with van der Waals surface area (Å²) in [6.07, 6.45) is -0.533. The maximum absolute atomic E-state index is 9.78. The molecular weight excluding hydrogens is 256 g/mol. The summed E-state index contributed by atoms with van der Waals surface area (Å²) in [6, 6.07) is 0.